The molecule has 0 spiro atoms. The summed E-state index contributed by atoms with van der Waals surface area (Å²) in [5, 5.41) is 3.54. The summed E-state index contributed by atoms with van der Waals surface area (Å²) in [6.45, 7) is 9.64. The van der Waals surface area contributed by atoms with Gasteiger partial charge in [-0.2, -0.15) is 0 Å². The van der Waals surface area contributed by atoms with Crippen LogP contribution in [0.4, 0.5) is 0 Å². The summed E-state index contributed by atoms with van der Waals surface area (Å²) in [6, 6.07) is 0. The number of methoxy groups -OCH3 is 1. The van der Waals surface area contributed by atoms with Crippen LogP contribution in [0.2, 0.25) is 0 Å². The van der Waals surface area contributed by atoms with Gasteiger partial charge >= 0.3 is 5.97 Å². The zero-order chi connectivity index (χ0) is 13.8. The van der Waals surface area contributed by atoms with Crippen molar-refractivity contribution in [3.63, 3.8) is 0 Å². The number of nitrogens with one attached hydrogen (secondary N) is 1. The smallest absolute Gasteiger partial charge is 0.326 e. The minimum absolute atomic E-state index is 0.0680. The molecule has 0 aliphatic heterocycles. The van der Waals surface area contributed by atoms with E-state index in [9.17, 15) is 4.79 Å². The van der Waals surface area contributed by atoms with Crippen LogP contribution in [0.3, 0.4) is 0 Å². The van der Waals surface area contributed by atoms with Crippen LogP contribution < -0.4 is 5.32 Å². The first-order valence-corrected chi connectivity index (χ1v) is 7.27. The lowest BCUT2D eigenvalue weighted by Crippen LogP contribution is -2.61. The fourth-order valence-corrected chi connectivity index (χ4v) is 3.22. The van der Waals surface area contributed by atoms with E-state index in [0.717, 1.165) is 25.8 Å². The summed E-state index contributed by atoms with van der Waals surface area (Å²) in [6.07, 6.45) is 4.38. The molecule has 1 N–H and O–H groups in total. The number of esters is 1. The number of hydrogen-bond donors (Lipinski definition) is 1. The molecule has 106 valence electrons. The molecule has 0 aromatic rings. The van der Waals surface area contributed by atoms with E-state index in [1.165, 1.54) is 13.5 Å². The molecule has 0 aromatic carbocycles. The lowest BCUT2D eigenvalue weighted by molar-refractivity contribution is -0.154. The third-order valence-corrected chi connectivity index (χ3v) is 4.15. The predicted molar refractivity (Wildman–Crippen MR) is 74.4 cm³/mol. The highest BCUT2D eigenvalue weighted by Gasteiger charge is 2.48. The highest BCUT2D eigenvalue weighted by atomic mass is 16.5. The van der Waals surface area contributed by atoms with Crippen molar-refractivity contribution >= 4 is 5.97 Å². The van der Waals surface area contributed by atoms with E-state index in [0.29, 0.717) is 17.8 Å². The summed E-state index contributed by atoms with van der Waals surface area (Å²) in [7, 11) is 1.51. The Bertz CT molecular complexity index is 276. The first kappa shape index (κ1) is 15.5. The monoisotopic (exact) mass is 255 g/mol. The van der Waals surface area contributed by atoms with Gasteiger partial charge in [0.25, 0.3) is 0 Å². The Morgan fingerprint density at radius 2 is 2.00 bits per heavy atom. The zero-order valence-corrected chi connectivity index (χ0v) is 12.6. The third kappa shape index (κ3) is 3.25. The second-order valence-corrected chi connectivity index (χ2v) is 6.33. The van der Waals surface area contributed by atoms with Crippen LogP contribution >= 0.6 is 0 Å². The van der Waals surface area contributed by atoms with Crippen LogP contribution in [-0.2, 0) is 9.53 Å². The van der Waals surface area contributed by atoms with Crippen LogP contribution in [0.25, 0.3) is 0 Å². The lowest BCUT2D eigenvalue weighted by atomic mass is 9.67. The van der Waals surface area contributed by atoms with E-state index in [4.69, 9.17) is 4.74 Å². The Labute approximate surface area is 112 Å². The van der Waals surface area contributed by atoms with Crippen molar-refractivity contribution in [3.05, 3.63) is 0 Å². The molecule has 3 heteroatoms. The summed E-state index contributed by atoms with van der Waals surface area (Å²) in [5.41, 5.74) is -0.453. The highest BCUT2D eigenvalue weighted by Crippen LogP contribution is 2.39. The van der Waals surface area contributed by atoms with Crippen LogP contribution in [-0.4, -0.2) is 25.2 Å². The van der Waals surface area contributed by atoms with Gasteiger partial charge in [-0.25, -0.2) is 0 Å². The number of rotatable bonds is 5. The SMILES string of the molecule is COC(=O)C1(NCC(C)C)CCCCC1C(C)C. The maximum Gasteiger partial charge on any atom is 0.326 e. The lowest BCUT2D eigenvalue weighted by Gasteiger charge is -2.45. The van der Waals surface area contributed by atoms with Crippen molar-refractivity contribution < 1.29 is 9.53 Å². The molecule has 1 aliphatic carbocycles. The fourth-order valence-electron chi connectivity index (χ4n) is 3.22. The maximum absolute atomic E-state index is 12.3. The average Bonchev–Trinajstić information content (AvgIpc) is 2.35. The molecule has 18 heavy (non-hydrogen) atoms. The number of ether oxygens (including phenoxy) is 1. The van der Waals surface area contributed by atoms with E-state index < -0.39 is 5.54 Å². The molecule has 1 rings (SSSR count). The Hall–Kier alpha value is -0.570. The van der Waals surface area contributed by atoms with E-state index in [2.05, 4.69) is 33.0 Å². The second kappa shape index (κ2) is 6.55. The van der Waals surface area contributed by atoms with Gasteiger partial charge < -0.3 is 10.1 Å². The Balaban J connectivity index is 2.95. The zero-order valence-electron chi connectivity index (χ0n) is 12.6. The number of carbonyl (C=O) groups is 1. The normalized spacial score (nSPS) is 28.7. The summed E-state index contributed by atoms with van der Waals surface area (Å²) >= 11 is 0. The predicted octanol–water partition coefficient (Wildman–Crippen LogP) is 2.99. The van der Waals surface area contributed by atoms with Crippen molar-refractivity contribution in [2.24, 2.45) is 17.8 Å². The molecule has 1 aliphatic rings. The van der Waals surface area contributed by atoms with Gasteiger partial charge in [0, 0.05) is 0 Å². The fraction of sp³-hybridized carbons (Fsp3) is 0.933. The van der Waals surface area contributed by atoms with E-state index in [-0.39, 0.29) is 5.97 Å². The van der Waals surface area contributed by atoms with Crippen LogP contribution in [0, 0.1) is 17.8 Å². The molecule has 2 unspecified atom stereocenters. The molecule has 0 aromatic heterocycles. The first-order chi connectivity index (χ1) is 8.44. The molecule has 1 fully saturated rings. The van der Waals surface area contributed by atoms with Crippen LogP contribution in [0.15, 0.2) is 0 Å². The molecule has 0 bridgehead atoms. The van der Waals surface area contributed by atoms with Crippen molar-refractivity contribution in [1.29, 1.82) is 0 Å². The number of hydrogen-bond acceptors (Lipinski definition) is 3. The summed E-state index contributed by atoms with van der Waals surface area (Å²) < 4.78 is 5.10. The topological polar surface area (TPSA) is 38.3 Å². The van der Waals surface area contributed by atoms with Gasteiger partial charge in [-0.3, -0.25) is 4.79 Å². The molecule has 0 heterocycles. The van der Waals surface area contributed by atoms with Crippen molar-refractivity contribution in [2.45, 2.75) is 58.9 Å². The Morgan fingerprint density at radius 1 is 1.33 bits per heavy atom. The van der Waals surface area contributed by atoms with Gasteiger partial charge in [0.05, 0.1) is 7.11 Å². The molecule has 3 nitrogen and oxygen atoms in total. The van der Waals surface area contributed by atoms with E-state index in [1.807, 2.05) is 0 Å². The molecular weight excluding hydrogens is 226 g/mol. The molecule has 0 amide bonds. The number of carbonyl (C=O) groups excluding carboxylic acids is 1. The van der Waals surface area contributed by atoms with Crippen molar-refractivity contribution in [1.82, 2.24) is 5.32 Å². The largest absolute Gasteiger partial charge is 0.468 e. The standard InChI is InChI=1S/C15H29NO2/c1-11(2)10-16-15(14(17)18-5)9-7-6-8-13(15)12(3)4/h11-13,16H,6-10H2,1-5H3. The highest BCUT2D eigenvalue weighted by molar-refractivity contribution is 5.81. The summed E-state index contributed by atoms with van der Waals surface area (Å²) in [4.78, 5) is 12.3. The van der Waals surface area contributed by atoms with Gasteiger partial charge in [0.15, 0.2) is 0 Å². The maximum atomic E-state index is 12.3. The molecule has 1 saturated carbocycles. The first-order valence-electron chi connectivity index (χ1n) is 7.27. The van der Waals surface area contributed by atoms with Gasteiger partial charge in [-0.15, -0.1) is 0 Å². The van der Waals surface area contributed by atoms with E-state index in [1.54, 1.807) is 0 Å². The minimum Gasteiger partial charge on any atom is -0.468 e. The Kier molecular flexibility index (Phi) is 5.64. The molecule has 0 radical (unpaired) electrons. The Morgan fingerprint density at radius 3 is 2.50 bits per heavy atom. The van der Waals surface area contributed by atoms with Crippen molar-refractivity contribution in [3.8, 4) is 0 Å². The third-order valence-electron chi connectivity index (χ3n) is 4.15. The van der Waals surface area contributed by atoms with Crippen LogP contribution in [0.5, 0.6) is 0 Å². The summed E-state index contributed by atoms with van der Waals surface area (Å²) in [5.74, 6) is 1.37. The van der Waals surface area contributed by atoms with Gasteiger partial charge in [-0.1, -0.05) is 40.5 Å². The quantitative estimate of drug-likeness (QED) is 0.768. The molecule has 0 saturated heterocycles. The van der Waals surface area contributed by atoms with E-state index >= 15 is 0 Å². The molecule has 2 atom stereocenters. The van der Waals surface area contributed by atoms with Crippen molar-refractivity contribution in [2.75, 3.05) is 13.7 Å². The van der Waals surface area contributed by atoms with Gasteiger partial charge in [0.1, 0.15) is 5.54 Å². The van der Waals surface area contributed by atoms with Crippen LogP contribution in [0.1, 0.15) is 53.4 Å². The average molecular weight is 255 g/mol. The minimum atomic E-state index is -0.453. The molecular formula is C15H29NO2. The van der Waals surface area contributed by atoms with Gasteiger partial charge in [0.2, 0.25) is 0 Å². The van der Waals surface area contributed by atoms with Gasteiger partial charge in [-0.05, 0) is 37.1 Å². The second-order valence-electron chi connectivity index (χ2n) is 6.33.